The Labute approximate surface area is 116 Å². The van der Waals surface area contributed by atoms with Crippen LogP contribution in [0.5, 0.6) is 0 Å². The molecule has 0 aliphatic heterocycles. The highest BCUT2D eigenvalue weighted by Gasteiger charge is 2.34. The maximum Gasteiger partial charge on any atom is 0.175 e. The molecule has 1 aliphatic carbocycles. The van der Waals surface area contributed by atoms with Crippen LogP contribution in [0.2, 0.25) is 0 Å². The van der Waals surface area contributed by atoms with Gasteiger partial charge in [-0.1, -0.05) is 25.3 Å². The number of hydrogen-bond donors (Lipinski definition) is 1. The maximum atomic E-state index is 11.7. The van der Waals surface area contributed by atoms with E-state index in [1.165, 1.54) is 25.5 Å². The van der Waals surface area contributed by atoms with Crippen molar-refractivity contribution < 1.29 is 8.42 Å². The number of sulfone groups is 1. The third kappa shape index (κ3) is 2.84. The van der Waals surface area contributed by atoms with Crippen molar-refractivity contribution >= 4 is 9.84 Å². The van der Waals surface area contributed by atoms with Gasteiger partial charge in [-0.2, -0.15) is 0 Å². The summed E-state index contributed by atoms with van der Waals surface area (Å²) in [6.45, 7) is 2.65. The van der Waals surface area contributed by atoms with E-state index in [-0.39, 0.29) is 5.41 Å². The summed E-state index contributed by atoms with van der Waals surface area (Å²) in [6, 6.07) is 5.46. The molecule has 2 rings (SSSR count). The molecule has 3 nitrogen and oxygen atoms in total. The van der Waals surface area contributed by atoms with Crippen molar-refractivity contribution in [2.45, 2.75) is 49.3 Å². The maximum absolute atomic E-state index is 11.7. The summed E-state index contributed by atoms with van der Waals surface area (Å²) in [7, 11) is -3.16. The molecule has 0 spiro atoms. The molecule has 0 heterocycles. The molecule has 0 bridgehead atoms. The highest BCUT2D eigenvalue weighted by Crippen LogP contribution is 2.40. The zero-order chi connectivity index (χ0) is 14.1. The highest BCUT2D eigenvalue weighted by molar-refractivity contribution is 7.90. The first-order valence-electron chi connectivity index (χ1n) is 6.90. The van der Waals surface area contributed by atoms with Crippen LogP contribution in [0.15, 0.2) is 23.1 Å². The van der Waals surface area contributed by atoms with Crippen LogP contribution in [0.3, 0.4) is 0 Å². The van der Waals surface area contributed by atoms with Gasteiger partial charge in [-0.3, -0.25) is 0 Å². The van der Waals surface area contributed by atoms with Crippen LogP contribution < -0.4 is 5.73 Å². The Hall–Kier alpha value is -0.870. The van der Waals surface area contributed by atoms with Crippen molar-refractivity contribution in [3.63, 3.8) is 0 Å². The van der Waals surface area contributed by atoms with Crippen LogP contribution in [-0.4, -0.2) is 21.2 Å². The molecule has 1 saturated carbocycles. The van der Waals surface area contributed by atoms with Gasteiger partial charge in [-0.05, 0) is 43.0 Å². The zero-order valence-corrected chi connectivity index (χ0v) is 12.6. The van der Waals surface area contributed by atoms with E-state index >= 15 is 0 Å². The van der Waals surface area contributed by atoms with Gasteiger partial charge in [0.25, 0.3) is 0 Å². The first kappa shape index (κ1) is 14.5. The summed E-state index contributed by atoms with van der Waals surface area (Å²) in [5.41, 5.74) is 8.31. The number of rotatable bonds is 3. The predicted octanol–water partition coefficient (Wildman–Crippen LogP) is 2.56. The van der Waals surface area contributed by atoms with Crippen LogP contribution in [0, 0.1) is 6.92 Å². The summed E-state index contributed by atoms with van der Waals surface area (Å²) in [5, 5.41) is 0. The van der Waals surface area contributed by atoms with E-state index in [4.69, 9.17) is 5.73 Å². The number of aryl methyl sites for hydroxylation is 1. The Kier molecular flexibility index (Phi) is 4.02. The van der Waals surface area contributed by atoms with Crippen LogP contribution in [0.4, 0.5) is 0 Å². The van der Waals surface area contributed by atoms with E-state index in [0.717, 1.165) is 24.0 Å². The summed E-state index contributed by atoms with van der Waals surface area (Å²) >= 11 is 0. The second-order valence-electron chi connectivity index (χ2n) is 5.79. The quantitative estimate of drug-likeness (QED) is 0.926. The SMILES string of the molecule is Cc1ccc(S(C)(=O)=O)cc1C1(CN)CCCCC1. The molecule has 0 amide bonds. The van der Waals surface area contributed by atoms with E-state index in [9.17, 15) is 8.42 Å². The molecule has 2 N–H and O–H groups in total. The largest absolute Gasteiger partial charge is 0.330 e. The van der Waals surface area contributed by atoms with Gasteiger partial charge in [0.2, 0.25) is 0 Å². The standard InChI is InChI=1S/C15H23NO2S/c1-12-6-7-13(19(2,17)18)10-14(12)15(11-16)8-4-3-5-9-15/h6-7,10H,3-5,8-9,11,16H2,1-2H3. The molecule has 0 saturated heterocycles. The van der Waals surface area contributed by atoms with Gasteiger partial charge in [0, 0.05) is 18.2 Å². The van der Waals surface area contributed by atoms with E-state index in [1.54, 1.807) is 6.07 Å². The monoisotopic (exact) mass is 281 g/mol. The molecule has 0 radical (unpaired) electrons. The lowest BCUT2D eigenvalue weighted by Gasteiger charge is -2.38. The minimum atomic E-state index is -3.16. The minimum Gasteiger partial charge on any atom is -0.330 e. The lowest BCUT2D eigenvalue weighted by Crippen LogP contribution is -2.37. The Morgan fingerprint density at radius 2 is 1.84 bits per heavy atom. The topological polar surface area (TPSA) is 60.2 Å². The summed E-state index contributed by atoms with van der Waals surface area (Å²) in [5.74, 6) is 0. The van der Waals surface area contributed by atoms with Gasteiger partial charge in [-0.25, -0.2) is 8.42 Å². The van der Waals surface area contributed by atoms with Crippen molar-refractivity contribution in [1.29, 1.82) is 0 Å². The summed E-state index contributed by atoms with van der Waals surface area (Å²) < 4.78 is 23.5. The molecule has 0 unspecified atom stereocenters. The van der Waals surface area contributed by atoms with Crippen molar-refractivity contribution in [2.75, 3.05) is 12.8 Å². The third-order valence-corrected chi connectivity index (χ3v) is 5.52. The third-order valence-electron chi connectivity index (χ3n) is 4.41. The second kappa shape index (κ2) is 5.25. The molecule has 4 heteroatoms. The van der Waals surface area contributed by atoms with Crippen molar-refractivity contribution in [3.05, 3.63) is 29.3 Å². The Morgan fingerprint density at radius 3 is 2.37 bits per heavy atom. The molecule has 1 aromatic rings. The fraction of sp³-hybridized carbons (Fsp3) is 0.600. The summed E-state index contributed by atoms with van der Waals surface area (Å²) in [4.78, 5) is 0.409. The predicted molar refractivity (Wildman–Crippen MR) is 78.1 cm³/mol. The van der Waals surface area contributed by atoms with Crippen LogP contribution in [0.1, 0.15) is 43.2 Å². The lowest BCUT2D eigenvalue weighted by atomic mass is 9.68. The molecule has 19 heavy (non-hydrogen) atoms. The first-order valence-corrected chi connectivity index (χ1v) is 8.79. The second-order valence-corrected chi connectivity index (χ2v) is 7.81. The van der Waals surface area contributed by atoms with Gasteiger partial charge in [0.1, 0.15) is 0 Å². The average Bonchev–Trinajstić information content (AvgIpc) is 2.38. The number of hydrogen-bond acceptors (Lipinski definition) is 3. The smallest absolute Gasteiger partial charge is 0.175 e. The van der Waals surface area contributed by atoms with Gasteiger partial charge in [0.15, 0.2) is 9.84 Å². The highest BCUT2D eigenvalue weighted by atomic mass is 32.2. The summed E-state index contributed by atoms with van der Waals surface area (Å²) in [6.07, 6.45) is 7.01. The van der Waals surface area contributed by atoms with Gasteiger partial charge in [0.05, 0.1) is 4.90 Å². The molecular weight excluding hydrogens is 258 g/mol. The van der Waals surface area contributed by atoms with Crippen LogP contribution in [-0.2, 0) is 15.3 Å². The van der Waals surface area contributed by atoms with Gasteiger partial charge < -0.3 is 5.73 Å². The molecule has 1 aromatic carbocycles. The van der Waals surface area contributed by atoms with Crippen LogP contribution >= 0.6 is 0 Å². The average molecular weight is 281 g/mol. The molecule has 0 atom stereocenters. The zero-order valence-electron chi connectivity index (χ0n) is 11.8. The molecule has 1 fully saturated rings. The molecular formula is C15H23NO2S. The molecule has 0 aromatic heterocycles. The van der Waals surface area contributed by atoms with Crippen LogP contribution in [0.25, 0.3) is 0 Å². The first-order chi connectivity index (χ1) is 8.89. The van der Waals surface area contributed by atoms with E-state index < -0.39 is 9.84 Å². The fourth-order valence-electron chi connectivity index (χ4n) is 3.22. The molecule has 1 aliphatic rings. The Bertz CT molecular complexity index is 558. The molecule has 106 valence electrons. The van der Waals surface area contributed by atoms with Crippen molar-refractivity contribution in [3.8, 4) is 0 Å². The lowest BCUT2D eigenvalue weighted by molar-refractivity contribution is 0.299. The van der Waals surface area contributed by atoms with E-state index in [1.807, 2.05) is 19.1 Å². The number of benzene rings is 1. The fourth-order valence-corrected chi connectivity index (χ4v) is 3.86. The van der Waals surface area contributed by atoms with Gasteiger partial charge in [-0.15, -0.1) is 0 Å². The Morgan fingerprint density at radius 1 is 1.21 bits per heavy atom. The number of nitrogens with two attached hydrogens (primary N) is 1. The normalized spacial score (nSPS) is 19.3. The minimum absolute atomic E-state index is 0.0248. The van der Waals surface area contributed by atoms with Gasteiger partial charge >= 0.3 is 0 Å². The van der Waals surface area contributed by atoms with Crippen molar-refractivity contribution in [2.24, 2.45) is 5.73 Å². The van der Waals surface area contributed by atoms with E-state index in [0.29, 0.717) is 11.4 Å². The van der Waals surface area contributed by atoms with E-state index in [2.05, 4.69) is 0 Å². The Balaban J connectivity index is 2.53. The van der Waals surface area contributed by atoms with Crippen molar-refractivity contribution in [1.82, 2.24) is 0 Å².